The molecule has 1 aliphatic rings. The van der Waals surface area contributed by atoms with E-state index >= 15 is 0 Å². The van der Waals surface area contributed by atoms with Crippen LogP contribution in [0.2, 0.25) is 0 Å². The van der Waals surface area contributed by atoms with E-state index in [1.54, 1.807) is 14.0 Å². The molecule has 7 heteroatoms. The molecule has 0 bridgehead atoms. The lowest BCUT2D eigenvalue weighted by molar-refractivity contribution is 0.00876. The summed E-state index contributed by atoms with van der Waals surface area (Å²) in [5, 5.41) is 0. The average Bonchev–Trinajstić information content (AvgIpc) is 2.77. The second kappa shape index (κ2) is 10.1. The van der Waals surface area contributed by atoms with Crippen molar-refractivity contribution < 1.29 is 28.1 Å². The van der Waals surface area contributed by atoms with Crippen molar-refractivity contribution in [2.24, 2.45) is 5.92 Å². The minimum atomic E-state index is -0.549. The van der Waals surface area contributed by atoms with Gasteiger partial charge in [0.15, 0.2) is 11.6 Å². The molecule has 1 atom stereocenters. The van der Waals surface area contributed by atoms with Crippen LogP contribution in [0.3, 0.4) is 0 Å². The fourth-order valence-electron chi connectivity index (χ4n) is 4.41. The van der Waals surface area contributed by atoms with Crippen LogP contribution in [0.15, 0.2) is 24.3 Å². The number of amides is 1. The Labute approximate surface area is 201 Å². The van der Waals surface area contributed by atoms with E-state index in [4.69, 9.17) is 18.9 Å². The molecular formula is C27H36FNO5. The van der Waals surface area contributed by atoms with Gasteiger partial charge in [0.2, 0.25) is 0 Å². The summed E-state index contributed by atoms with van der Waals surface area (Å²) in [6, 6.07) is 7.31. The first-order valence-electron chi connectivity index (χ1n) is 11.6. The van der Waals surface area contributed by atoms with Crippen molar-refractivity contribution in [1.82, 2.24) is 4.90 Å². The quantitative estimate of drug-likeness (QED) is 0.498. The number of rotatable bonds is 6. The van der Waals surface area contributed by atoms with Crippen LogP contribution in [-0.4, -0.2) is 37.4 Å². The molecule has 6 nitrogen and oxygen atoms in total. The zero-order chi connectivity index (χ0) is 25.2. The Morgan fingerprint density at radius 3 is 2.41 bits per heavy atom. The van der Waals surface area contributed by atoms with Gasteiger partial charge in [-0.15, -0.1) is 0 Å². The van der Waals surface area contributed by atoms with Gasteiger partial charge < -0.3 is 23.8 Å². The minimum Gasteiger partial charge on any atom is -0.496 e. The summed E-state index contributed by atoms with van der Waals surface area (Å²) < 4.78 is 37.1. The first-order chi connectivity index (χ1) is 16.0. The molecule has 0 spiro atoms. The maximum Gasteiger partial charge on any atom is 0.410 e. The van der Waals surface area contributed by atoms with E-state index in [0.29, 0.717) is 35.6 Å². The van der Waals surface area contributed by atoms with E-state index in [1.807, 2.05) is 43.9 Å². The van der Waals surface area contributed by atoms with Crippen LogP contribution < -0.4 is 14.2 Å². The second-order valence-electron chi connectivity index (χ2n) is 9.96. The Balaban J connectivity index is 1.84. The van der Waals surface area contributed by atoms with Gasteiger partial charge in [-0.05, 0) is 63.3 Å². The number of halogens is 1. The van der Waals surface area contributed by atoms with Crippen molar-refractivity contribution in [3.8, 4) is 17.2 Å². The topological polar surface area (TPSA) is 57.2 Å². The molecule has 2 aromatic carbocycles. The summed E-state index contributed by atoms with van der Waals surface area (Å²) in [5.41, 5.74) is 2.73. The van der Waals surface area contributed by atoms with Gasteiger partial charge in [0.05, 0.1) is 20.3 Å². The van der Waals surface area contributed by atoms with Crippen LogP contribution in [0.5, 0.6) is 17.2 Å². The summed E-state index contributed by atoms with van der Waals surface area (Å²) >= 11 is 0. The van der Waals surface area contributed by atoms with E-state index in [-0.39, 0.29) is 30.4 Å². The van der Waals surface area contributed by atoms with Gasteiger partial charge in [-0.1, -0.05) is 19.9 Å². The average molecular weight is 474 g/mol. The Morgan fingerprint density at radius 1 is 1.15 bits per heavy atom. The monoisotopic (exact) mass is 473 g/mol. The molecule has 0 saturated heterocycles. The molecule has 0 N–H and O–H groups in total. The predicted molar refractivity (Wildman–Crippen MR) is 129 cm³/mol. The summed E-state index contributed by atoms with van der Waals surface area (Å²) in [7, 11) is 2.96. The van der Waals surface area contributed by atoms with Crippen LogP contribution >= 0.6 is 0 Å². The van der Waals surface area contributed by atoms with E-state index in [1.165, 1.54) is 13.2 Å². The van der Waals surface area contributed by atoms with Crippen LogP contribution in [0, 0.1) is 18.7 Å². The first kappa shape index (κ1) is 25.7. The Hall–Kier alpha value is -2.96. The number of hydrogen-bond acceptors (Lipinski definition) is 5. The summed E-state index contributed by atoms with van der Waals surface area (Å²) in [6.07, 6.45) is 0.394. The third-order valence-corrected chi connectivity index (χ3v) is 6.04. The number of carbonyl (C=O) groups excluding carboxylic acids is 1. The van der Waals surface area contributed by atoms with E-state index in [9.17, 15) is 9.18 Å². The number of carbonyl (C=O) groups is 1. The van der Waals surface area contributed by atoms with Crippen molar-refractivity contribution >= 4 is 6.09 Å². The van der Waals surface area contributed by atoms with Crippen molar-refractivity contribution in [3.05, 3.63) is 52.3 Å². The second-order valence-corrected chi connectivity index (χ2v) is 9.96. The molecule has 0 saturated carbocycles. The smallest absolute Gasteiger partial charge is 0.410 e. The molecule has 34 heavy (non-hydrogen) atoms. The van der Waals surface area contributed by atoms with Crippen LogP contribution in [0.1, 0.15) is 62.9 Å². The molecule has 2 aromatic rings. The fraction of sp³-hybridized carbons (Fsp3) is 0.519. The third-order valence-electron chi connectivity index (χ3n) is 6.04. The molecule has 1 aliphatic heterocycles. The van der Waals surface area contributed by atoms with Gasteiger partial charge >= 0.3 is 6.09 Å². The standard InChI is InChI=1S/C27H36FNO5/c1-16(2)25-20-10-9-19(13-18(20)11-12-29(25)26(30)34-27(4,5)6)33-15-21-17(3)22(31-7)14-23(32-8)24(21)28/h9-10,13-14,16,25H,11-12,15H2,1-8H3/t25-/m0/s1. The molecule has 0 unspecified atom stereocenters. The Kier molecular flexibility index (Phi) is 7.64. The molecule has 0 aliphatic carbocycles. The molecule has 0 fully saturated rings. The normalized spacial score (nSPS) is 15.7. The van der Waals surface area contributed by atoms with E-state index in [0.717, 1.165) is 11.1 Å². The maximum atomic E-state index is 14.9. The minimum absolute atomic E-state index is 0.0433. The SMILES string of the molecule is COc1cc(OC)c(F)c(COc2ccc3c(c2)CCN(C(=O)OC(C)(C)C)[C@H]3C(C)C)c1C. The molecule has 1 amide bonds. The Morgan fingerprint density at radius 2 is 1.82 bits per heavy atom. The molecule has 1 heterocycles. The van der Waals surface area contributed by atoms with Crippen molar-refractivity contribution in [2.45, 2.75) is 66.2 Å². The highest BCUT2D eigenvalue weighted by Crippen LogP contribution is 2.38. The molecule has 186 valence electrons. The lowest BCUT2D eigenvalue weighted by atomic mass is 9.86. The lowest BCUT2D eigenvalue weighted by Gasteiger charge is -2.40. The van der Waals surface area contributed by atoms with E-state index < -0.39 is 11.4 Å². The van der Waals surface area contributed by atoms with Gasteiger partial charge in [0, 0.05) is 23.7 Å². The summed E-state index contributed by atoms with van der Waals surface area (Å²) in [6.45, 7) is 12.2. The zero-order valence-electron chi connectivity index (χ0n) is 21.5. The van der Waals surface area contributed by atoms with Gasteiger partial charge in [-0.3, -0.25) is 0 Å². The van der Waals surface area contributed by atoms with Crippen LogP contribution in [0.25, 0.3) is 0 Å². The van der Waals surface area contributed by atoms with Gasteiger partial charge in [-0.25, -0.2) is 9.18 Å². The zero-order valence-corrected chi connectivity index (χ0v) is 21.5. The third kappa shape index (κ3) is 5.40. The summed E-state index contributed by atoms with van der Waals surface area (Å²) in [4.78, 5) is 14.7. The number of methoxy groups -OCH3 is 2. The van der Waals surface area contributed by atoms with Crippen molar-refractivity contribution in [3.63, 3.8) is 0 Å². The van der Waals surface area contributed by atoms with Gasteiger partial charge in [-0.2, -0.15) is 0 Å². The highest BCUT2D eigenvalue weighted by Gasteiger charge is 2.35. The number of ether oxygens (including phenoxy) is 4. The molecule has 0 radical (unpaired) electrons. The predicted octanol–water partition coefficient (Wildman–Crippen LogP) is 6.22. The highest BCUT2D eigenvalue weighted by molar-refractivity contribution is 5.69. The van der Waals surface area contributed by atoms with Crippen molar-refractivity contribution in [2.75, 3.05) is 20.8 Å². The van der Waals surface area contributed by atoms with Gasteiger partial charge in [0.1, 0.15) is 23.7 Å². The van der Waals surface area contributed by atoms with Gasteiger partial charge in [0.25, 0.3) is 0 Å². The largest absolute Gasteiger partial charge is 0.496 e. The van der Waals surface area contributed by atoms with Crippen molar-refractivity contribution in [1.29, 1.82) is 0 Å². The fourth-order valence-corrected chi connectivity index (χ4v) is 4.41. The number of fused-ring (bicyclic) bond motifs is 1. The summed E-state index contributed by atoms with van der Waals surface area (Å²) in [5.74, 6) is 1.07. The number of hydrogen-bond donors (Lipinski definition) is 0. The van der Waals surface area contributed by atoms with Crippen LogP contribution in [0.4, 0.5) is 9.18 Å². The maximum absolute atomic E-state index is 14.9. The first-order valence-corrected chi connectivity index (χ1v) is 11.6. The molecular weight excluding hydrogens is 437 g/mol. The molecule has 3 rings (SSSR count). The Bertz CT molecular complexity index is 1020. The highest BCUT2D eigenvalue weighted by atomic mass is 19.1. The molecule has 0 aromatic heterocycles. The number of nitrogens with zero attached hydrogens (tertiary/aromatic N) is 1. The number of benzene rings is 2. The van der Waals surface area contributed by atoms with E-state index in [2.05, 4.69) is 13.8 Å². The lowest BCUT2D eigenvalue weighted by Crippen LogP contribution is -2.44. The van der Waals surface area contributed by atoms with Crippen LogP contribution in [-0.2, 0) is 17.8 Å².